The fraction of sp³-hybridized carbons (Fsp3) is 0.444. The highest BCUT2D eigenvalue weighted by atomic mass is 16.5. The molecular weight excluding hydrogens is 276 g/mol. The SMILES string of the molecule is Cc1cc(C(=O)N(CCc2ccccc2)C2CCCC2)on1. The zero-order chi connectivity index (χ0) is 15.4. The second-order valence-corrected chi connectivity index (χ2v) is 6.00. The Morgan fingerprint density at radius 2 is 2.00 bits per heavy atom. The maximum Gasteiger partial charge on any atom is 0.292 e. The molecule has 0 spiro atoms. The predicted octanol–water partition coefficient (Wildman–Crippen LogP) is 3.61. The molecule has 22 heavy (non-hydrogen) atoms. The minimum absolute atomic E-state index is 0.0246. The number of hydrogen-bond donors (Lipinski definition) is 0. The second-order valence-electron chi connectivity index (χ2n) is 6.00. The standard InChI is InChI=1S/C18H22N2O2/c1-14-13-17(22-19-14)18(21)20(16-9-5-6-10-16)12-11-15-7-3-2-4-8-15/h2-4,7-8,13,16H,5-6,9-12H2,1H3. The first-order valence-corrected chi connectivity index (χ1v) is 8.02. The number of hydrogen-bond acceptors (Lipinski definition) is 3. The molecule has 1 aromatic carbocycles. The molecule has 0 N–H and O–H groups in total. The van der Waals surface area contributed by atoms with Crippen molar-refractivity contribution in [1.82, 2.24) is 10.1 Å². The first-order chi connectivity index (χ1) is 10.7. The van der Waals surface area contributed by atoms with E-state index >= 15 is 0 Å². The predicted molar refractivity (Wildman–Crippen MR) is 84.7 cm³/mol. The molecule has 1 aliphatic rings. The third kappa shape index (κ3) is 3.38. The van der Waals surface area contributed by atoms with E-state index in [0.29, 0.717) is 11.8 Å². The van der Waals surface area contributed by atoms with Crippen molar-refractivity contribution >= 4 is 5.91 Å². The highest BCUT2D eigenvalue weighted by Crippen LogP contribution is 2.25. The highest BCUT2D eigenvalue weighted by molar-refractivity contribution is 5.91. The number of carbonyl (C=O) groups excluding carboxylic acids is 1. The van der Waals surface area contributed by atoms with Crippen LogP contribution in [0.15, 0.2) is 40.9 Å². The summed E-state index contributed by atoms with van der Waals surface area (Å²) >= 11 is 0. The number of nitrogens with zero attached hydrogens (tertiary/aromatic N) is 2. The van der Waals surface area contributed by atoms with Crippen LogP contribution in [0.2, 0.25) is 0 Å². The average Bonchev–Trinajstić information content (AvgIpc) is 3.20. The maximum absolute atomic E-state index is 12.8. The molecule has 1 saturated carbocycles. The van der Waals surface area contributed by atoms with E-state index in [1.807, 2.05) is 30.0 Å². The lowest BCUT2D eigenvalue weighted by atomic mass is 10.1. The monoisotopic (exact) mass is 298 g/mol. The molecule has 1 aromatic heterocycles. The van der Waals surface area contributed by atoms with Gasteiger partial charge in [0.1, 0.15) is 0 Å². The Balaban J connectivity index is 1.73. The molecule has 1 heterocycles. The molecule has 0 bridgehead atoms. The van der Waals surface area contributed by atoms with Crippen LogP contribution in [0.3, 0.4) is 0 Å². The quantitative estimate of drug-likeness (QED) is 0.847. The fourth-order valence-corrected chi connectivity index (χ4v) is 3.17. The lowest BCUT2D eigenvalue weighted by Crippen LogP contribution is -2.40. The van der Waals surface area contributed by atoms with Crippen molar-refractivity contribution in [2.24, 2.45) is 0 Å². The van der Waals surface area contributed by atoms with Gasteiger partial charge in [-0.1, -0.05) is 48.3 Å². The Bertz CT molecular complexity index is 615. The van der Waals surface area contributed by atoms with Gasteiger partial charge in [-0.15, -0.1) is 0 Å². The summed E-state index contributed by atoms with van der Waals surface area (Å²) in [5.41, 5.74) is 2.00. The summed E-state index contributed by atoms with van der Waals surface area (Å²) in [6.07, 6.45) is 5.46. The van der Waals surface area contributed by atoms with Crippen molar-refractivity contribution in [1.29, 1.82) is 0 Å². The number of aromatic nitrogens is 1. The molecule has 116 valence electrons. The molecule has 1 fully saturated rings. The van der Waals surface area contributed by atoms with Crippen molar-refractivity contribution in [2.75, 3.05) is 6.54 Å². The van der Waals surface area contributed by atoms with Gasteiger partial charge < -0.3 is 9.42 Å². The van der Waals surface area contributed by atoms with Gasteiger partial charge in [0.25, 0.3) is 5.91 Å². The first-order valence-electron chi connectivity index (χ1n) is 8.02. The Morgan fingerprint density at radius 1 is 1.27 bits per heavy atom. The average molecular weight is 298 g/mol. The molecule has 0 unspecified atom stereocenters. The summed E-state index contributed by atoms with van der Waals surface area (Å²) in [6, 6.07) is 12.4. The van der Waals surface area contributed by atoms with E-state index in [1.54, 1.807) is 6.07 Å². The largest absolute Gasteiger partial charge is 0.351 e. The molecule has 3 rings (SSSR count). The van der Waals surface area contributed by atoms with Crippen LogP contribution in [0.4, 0.5) is 0 Å². The van der Waals surface area contributed by atoms with Crippen LogP contribution in [-0.4, -0.2) is 28.6 Å². The van der Waals surface area contributed by atoms with Gasteiger partial charge in [-0.2, -0.15) is 0 Å². The maximum atomic E-state index is 12.8. The number of benzene rings is 1. The number of rotatable bonds is 5. The molecule has 4 nitrogen and oxygen atoms in total. The third-order valence-corrected chi connectivity index (χ3v) is 4.35. The van der Waals surface area contributed by atoms with Gasteiger partial charge in [0.15, 0.2) is 0 Å². The molecule has 1 amide bonds. The zero-order valence-electron chi connectivity index (χ0n) is 13.0. The minimum atomic E-state index is -0.0246. The lowest BCUT2D eigenvalue weighted by Gasteiger charge is -2.28. The summed E-state index contributed by atoms with van der Waals surface area (Å²) < 4.78 is 5.18. The van der Waals surface area contributed by atoms with Crippen molar-refractivity contribution in [2.45, 2.75) is 45.1 Å². The van der Waals surface area contributed by atoms with Crippen LogP contribution < -0.4 is 0 Å². The number of amides is 1. The molecule has 0 atom stereocenters. The molecule has 2 aromatic rings. The number of carbonyl (C=O) groups is 1. The van der Waals surface area contributed by atoms with E-state index in [4.69, 9.17) is 4.52 Å². The summed E-state index contributed by atoms with van der Waals surface area (Å²) in [6.45, 7) is 2.57. The van der Waals surface area contributed by atoms with Crippen LogP contribution >= 0.6 is 0 Å². The molecular formula is C18H22N2O2. The van der Waals surface area contributed by atoms with E-state index < -0.39 is 0 Å². The van der Waals surface area contributed by atoms with Crippen molar-refractivity contribution in [3.05, 3.63) is 53.4 Å². The Kier molecular flexibility index (Phi) is 4.56. The zero-order valence-corrected chi connectivity index (χ0v) is 13.0. The van der Waals surface area contributed by atoms with E-state index in [2.05, 4.69) is 17.3 Å². The highest BCUT2D eigenvalue weighted by Gasteiger charge is 2.29. The minimum Gasteiger partial charge on any atom is -0.351 e. The second kappa shape index (κ2) is 6.77. The fourth-order valence-electron chi connectivity index (χ4n) is 3.17. The third-order valence-electron chi connectivity index (χ3n) is 4.35. The molecule has 1 aliphatic carbocycles. The van der Waals surface area contributed by atoms with Crippen LogP contribution in [0.25, 0.3) is 0 Å². The smallest absolute Gasteiger partial charge is 0.292 e. The summed E-state index contributed by atoms with van der Waals surface area (Å²) in [5.74, 6) is 0.334. The Morgan fingerprint density at radius 3 is 2.64 bits per heavy atom. The Labute approximate surface area is 131 Å². The summed E-state index contributed by atoms with van der Waals surface area (Å²) in [7, 11) is 0. The molecule has 0 saturated heterocycles. The van der Waals surface area contributed by atoms with Gasteiger partial charge in [-0.05, 0) is 31.7 Å². The molecule has 0 radical (unpaired) electrons. The molecule has 4 heteroatoms. The molecule has 0 aliphatic heterocycles. The normalized spacial score (nSPS) is 15.1. The van der Waals surface area contributed by atoms with Crippen molar-refractivity contribution in [3.8, 4) is 0 Å². The van der Waals surface area contributed by atoms with E-state index in [-0.39, 0.29) is 5.91 Å². The van der Waals surface area contributed by atoms with E-state index in [1.165, 1.54) is 18.4 Å². The Hall–Kier alpha value is -2.10. The summed E-state index contributed by atoms with van der Waals surface area (Å²) in [4.78, 5) is 14.7. The van der Waals surface area contributed by atoms with Crippen molar-refractivity contribution < 1.29 is 9.32 Å². The van der Waals surface area contributed by atoms with Gasteiger partial charge in [0, 0.05) is 18.7 Å². The van der Waals surface area contributed by atoms with Gasteiger partial charge in [-0.3, -0.25) is 4.79 Å². The van der Waals surface area contributed by atoms with Crippen LogP contribution in [0.5, 0.6) is 0 Å². The van der Waals surface area contributed by atoms with Crippen LogP contribution in [0.1, 0.15) is 47.5 Å². The van der Waals surface area contributed by atoms with Crippen LogP contribution in [0, 0.1) is 6.92 Å². The first kappa shape index (κ1) is 14.8. The number of aryl methyl sites for hydroxylation is 1. The topological polar surface area (TPSA) is 46.3 Å². The lowest BCUT2D eigenvalue weighted by molar-refractivity contribution is 0.0641. The van der Waals surface area contributed by atoms with E-state index in [0.717, 1.165) is 31.5 Å². The van der Waals surface area contributed by atoms with Gasteiger partial charge in [0.2, 0.25) is 5.76 Å². The van der Waals surface area contributed by atoms with Crippen LogP contribution in [-0.2, 0) is 6.42 Å². The van der Waals surface area contributed by atoms with Gasteiger partial charge >= 0.3 is 0 Å². The van der Waals surface area contributed by atoms with E-state index in [9.17, 15) is 4.79 Å². The van der Waals surface area contributed by atoms with Gasteiger partial charge in [0.05, 0.1) is 5.69 Å². The van der Waals surface area contributed by atoms with Crippen molar-refractivity contribution in [3.63, 3.8) is 0 Å². The summed E-state index contributed by atoms with van der Waals surface area (Å²) in [5, 5.41) is 3.84. The van der Waals surface area contributed by atoms with Gasteiger partial charge in [-0.25, -0.2) is 0 Å².